The zero-order chi connectivity index (χ0) is 13.1. The molecule has 0 radical (unpaired) electrons. The number of aryl methyl sites for hydroxylation is 2. The zero-order valence-electron chi connectivity index (χ0n) is 10.1. The van der Waals surface area contributed by atoms with Crippen molar-refractivity contribution in [2.75, 3.05) is 0 Å². The van der Waals surface area contributed by atoms with Gasteiger partial charge in [0.2, 0.25) is 0 Å². The van der Waals surface area contributed by atoms with E-state index in [4.69, 9.17) is 10.7 Å². The summed E-state index contributed by atoms with van der Waals surface area (Å²) >= 11 is 0. The lowest BCUT2D eigenvalue weighted by molar-refractivity contribution is 0.606. The molecule has 1 aromatic heterocycles. The summed E-state index contributed by atoms with van der Waals surface area (Å²) in [6, 6.07) is 0. The van der Waals surface area contributed by atoms with Crippen molar-refractivity contribution in [2.24, 2.45) is 0 Å². The zero-order valence-corrected chi connectivity index (χ0v) is 11.7. The quantitative estimate of drug-likeness (QED) is 0.593. The molecule has 4 nitrogen and oxygen atoms in total. The monoisotopic (exact) mass is 276 g/mol. The molecular weight excluding hydrogens is 260 g/mol. The van der Waals surface area contributed by atoms with E-state index in [-0.39, 0.29) is 5.03 Å². The first-order chi connectivity index (χ1) is 7.84. The molecule has 0 aliphatic rings. The van der Waals surface area contributed by atoms with Crippen LogP contribution in [0.2, 0.25) is 0 Å². The van der Waals surface area contributed by atoms with Crippen LogP contribution in [0.15, 0.2) is 23.4 Å². The highest BCUT2D eigenvalue weighted by Crippen LogP contribution is 2.16. The van der Waals surface area contributed by atoms with Gasteiger partial charge in [0.25, 0.3) is 9.05 Å². The minimum atomic E-state index is -3.74. The molecule has 0 fully saturated rings. The molecular formula is C11H17ClN2O2S. The van der Waals surface area contributed by atoms with Gasteiger partial charge < -0.3 is 4.57 Å². The van der Waals surface area contributed by atoms with E-state index in [1.54, 1.807) is 0 Å². The van der Waals surface area contributed by atoms with E-state index in [1.807, 2.05) is 18.4 Å². The highest BCUT2D eigenvalue weighted by atomic mass is 35.7. The molecule has 1 heterocycles. The van der Waals surface area contributed by atoms with E-state index < -0.39 is 9.05 Å². The van der Waals surface area contributed by atoms with Crippen LogP contribution in [0, 0.1) is 0 Å². The van der Waals surface area contributed by atoms with Crippen LogP contribution in [-0.2, 0) is 22.0 Å². The second-order valence-electron chi connectivity index (χ2n) is 4.08. The lowest BCUT2D eigenvalue weighted by Gasteiger charge is -2.05. The summed E-state index contributed by atoms with van der Waals surface area (Å²) in [5, 5.41) is -0.0654. The molecule has 1 aromatic rings. The van der Waals surface area contributed by atoms with Crippen LogP contribution in [0.25, 0.3) is 0 Å². The Morgan fingerprint density at radius 3 is 2.71 bits per heavy atom. The van der Waals surface area contributed by atoms with Crippen LogP contribution in [0.4, 0.5) is 0 Å². The molecule has 96 valence electrons. The largest absolute Gasteiger partial charge is 0.333 e. The van der Waals surface area contributed by atoms with E-state index in [2.05, 4.69) is 11.6 Å². The normalized spacial score (nSPS) is 11.7. The Hall–Kier alpha value is -0.810. The van der Waals surface area contributed by atoms with Gasteiger partial charge in [0, 0.05) is 29.8 Å². The Morgan fingerprint density at radius 1 is 1.59 bits per heavy atom. The van der Waals surface area contributed by atoms with Crippen LogP contribution in [-0.4, -0.2) is 18.0 Å². The molecule has 0 N–H and O–H groups in total. The summed E-state index contributed by atoms with van der Waals surface area (Å²) in [6.07, 6.45) is 3.94. The smallest absolute Gasteiger partial charge is 0.280 e. The van der Waals surface area contributed by atoms with Gasteiger partial charge in [-0.15, -0.1) is 6.58 Å². The first-order valence-electron chi connectivity index (χ1n) is 5.49. The maximum atomic E-state index is 11.2. The van der Waals surface area contributed by atoms with Gasteiger partial charge in [-0.1, -0.05) is 12.5 Å². The molecule has 0 aliphatic heterocycles. The fourth-order valence-electron chi connectivity index (χ4n) is 1.47. The summed E-state index contributed by atoms with van der Waals surface area (Å²) in [5.74, 6) is 0.757. The van der Waals surface area contributed by atoms with Gasteiger partial charge in [-0.3, -0.25) is 0 Å². The Morgan fingerprint density at radius 2 is 2.24 bits per heavy atom. The second kappa shape index (κ2) is 5.69. The molecule has 0 unspecified atom stereocenters. The standard InChI is InChI=1S/C11H17ClN2O2S/c1-4-5-10-13-11(17(12,15)16)8-14(10)7-6-9(2)3/h8H,2,4-7H2,1,3H3. The van der Waals surface area contributed by atoms with Crippen LogP contribution in [0.1, 0.15) is 32.5 Å². The van der Waals surface area contributed by atoms with Crippen molar-refractivity contribution in [3.8, 4) is 0 Å². The third-order valence-electron chi connectivity index (χ3n) is 2.34. The molecule has 0 aromatic carbocycles. The second-order valence-corrected chi connectivity index (χ2v) is 6.60. The molecule has 0 amide bonds. The molecule has 0 spiro atoms. The highest BCUT2D eigenvalue weighted by Gasteiger charge is 2.17. The summed E-state index contributed by atoms with van der Waals surface area (Å²) < 4.78 is 24.3. The molecule has 0 saturated carbocycles. The highest BCUT2D eigenvalue weighted by molar-refractivity contribution is 8.13. The van der Waals surface area contributed by atoms with Gasteiger partial charge in [-0.2, -0.15) is 0 Å². The Labute approximate surface area is 107 Å². The SMILES string of the molecule is C=C(C)CCn1cc(S(=O)(=O)Cl)nc1CCC. The minimum absolute atomic E-state index is 0.0654. The van der Waals surface area contributed by atoms with Gasteiger partial charge in [-0.05, 0) is 19.8 Å². The number of rotatable bonds is 6. The summed E-state index contributed by atoms with van der Waals surface area (Å²) in [7, 11) is 1.54. The van der Waals surface area contributed by atoms with Crippen molar-refractivity contribution in [2.45, 2.75) is 44.7 Å². The maximum Gasteiger partial charge on any atom is 0.280 e. The number of imidazole rings is 1. The van der Waals surface area contributed by atoms with Gasteiger partial charge >= 0.3 is 0 Å². The predicted molar refractivity (Wildman–Crippen MR) is 68.7 cm³/mol. The lowest BCUT2D eigenvalue weighted by atomic mass is 10.2. The van der Waals surface area contributed by atoms with E-state index >= 15 is 0 Å². The molecule has 0 bridgehead atoms. The van der Waals surface area contributed by atoms with Gasteiger partial charge in [0.05, 0.1) is 0 Å². The molecule has 6 heteroatoms. The molecule has 0 saturated heterocycles. The third kappa shape index (κ3) is 4.16. The average molecular weight is 277 g/mol. The van der Waals surface area contributed by atoms with E-state index in [0.29, 0.717) is 6.54 Å². The van der Waals surface area contributed by atoms with Crippen molar-refractivity contribution in [1.29, 1.82) is 0 Å². The molecule has 0 aliphatic carbocycles. The number of aromatic nitrogens is 2. The number of hydrogen-bond donors (Lipinski definition) is 0. The predicted octanol–water partition coefficient (Wildman–Crippen LogP) is 2.73. The van der Waals surface area contributed by atoms with Gasteiger partial charge in [0.15, 0.2) is 5.03 Å². The Bertz CT molecular complexity index is 506. The fraction of sp³-hybridized carbons (Fsp3) is 0.545. The van der Waals surface area contributed by atoms with E-state index in [9.17, 15) is 8.42 Å². The molecule has 1 rings (SSSR count). The van der Waals surface area contributed by atoms with Crippen molar-refractivity contribution in [3.63, 3.8) is 0 Å². The first-order valence-corrected chi connectivity index (χ1v) is 7.80. The number of nitrogens with zero attached hydrogens (tertiary/aromatic N) is 2. The summed E-state index contributed by atoms with van der Waals surface area (Å²) in [6.45, 7) is 8.47. The van der Waals surface area contributed by atoms with Gasteiger partial charge in [-0.25, -0.2) is 13.4 Å². The van der Waals surface area contributed by atoms with Crippen molar-refractivity contribution >= 4 is 19.7 Å². The van der Waals surface area contributed by atoms with E-state index in [0.717, 1.165) is 30.7 Å². The average Bonchev–Trinajstić information content (AvgIpc) is 2.58. The van der Waals surface area contributed by atoms with Crippen LogP contribution >= 0.6 is 10.7 Å². The lowest BCUT2D eigenvalue weighted by Crippen LogP contribution is -2.03. The molecule has 17 heavy (non-hydrogen) atoms. The van der Waals surface area contributed by atoms with E-state index in [1.165, 1.54) is 6.20 Å². The number of halogens is 1. The first kappa shape index (κ1) is 14.3. The van der Waals surface area contributed by atoms with Crippen molar-refractivity contribution in [3.05, 3.63) is 24.2 Å². The van der Waals surface area contributed by atoms with Crippen molar-refractivity contribution < 1.29 is 8.42 Å². The summed E-state index contributed by atoms with van der Waals surface area (Å²) in [4.78, 5) is 4.06. The van der Waals surface area contributed by atoms with Crippen molar-refractivity contribution in [1.82, 2.24) is 9.55 Å². The topological polar surface area (TPSA) is 52.0 Å². The Kier molecular flexibility index (Phi) is 4.77. The fourth-order valence-corrected chi connectivity index (χ4v) is 2.16. The van der Waals surface area contributed by atoms with Crippen LogP contribution in [0.3, 0.4) is 0 Å². The maximum absolute atomic E-state index is 11.2. The number of hydrogen-bond acceptors (Lipinski definition) is 3. The Balaban J connectivity index is 3.01. The minimum Gasteiger partial charge on any atom is -0.333 e. The third-order valence-corrected chi connectivity index (χ3v) is 3.51. The summed E-state index contributed by atoms with van der Waals surface area (Å²) in [5.41, 5.74) is 1.05. The molecule has 0 atom stereocenters. The van der Waals surface area contributed by atoms with Crippen LogP contribution < -0.4 is 0 Å². The van der Waals surface area contributed by atoms with Gasteiger partial charge in [0.1, 0.15) is 5.82 Å². The van der Waals surface area contributed by atoms with Crippen LogP contribution in [0.5, 0.6) is 0 Å². The number of allylic oxidation sites excluding steroid dienone is 1.